The Labute approximate surface area is 241 Å². The molecule has 1 aliphatic heterocycles. The topological polar surface area (TPSA) is 54.6 Å². The third kappa shape index (κ3) is 5.57. The SMILES string of the molecule is COc1ccc2[nH]c3c(c2c1)CCN(C(=O)Cc1ccc(OCc2ccccc2)cc1)[C@@H]3c1cccc(C(F)(F)F)c1. The lowest BCUT2D eigenvalue weighted by Gasteiger charge is -2.36. The molecule has 0 saturated heterocycles. The van der Waals surface area contributed by atoms with Gasteiger partial charge in [-0.25, -0.2) is 0 Å². The van der Waals surface area contributed by atoms with Crippen molar-refractivity contribution in [3.8, 4) is 11.5 Å². The van der Waals surface area contributed by atoms with E-state index in [2.05, 4.69) is 4.98 Å². The average Bonchev–Trinajstić information content (AvgIpc) is 3.38. The highest BCUT2D eigenvalue weighted by atomic mass is 19.4. The predicted octanol–water partition coefficient (Wildman–Crippen LogP) is 7.49. The van der Waals surface area contributed by atoms with Gasteiger partial charge in [0.15, 0.2) is 0 Å². The molecule has 6 rings (SSSR count). The molecule has 2 heterocycles. The van der Waals surface area contributed by atoms with Gasteiger partial charge in [-0.15, -0.1) is 0 Å². The van der Waals surface area contributed by atoms with E-state index in [1.807, 2.05) is 72.8 Å². The van der Waals surface area contributed by atoms with E-state index < -0.39 is 17.8 Å². The minimum absolute atomic E-state index is 0.109. The number of halogens is 3. The van der Waals surface area contributed by atoms with E-state index in [-0.39, 0.29) is 12.3 Å². The van der Waals surface area contributed by atoms with Crippen LogP contribution in [0.1, 0.15) is 39.6 Å². The molecule has 5 aromatic rings. The first-order valence-corrected chi connectivity index (χ1v) is 13.7. The van der Waals surface area contributed by atoms with Gasteiger partial charge in [0.2, 0.25) is 5.91 Å². The highest BCUT2D eigenvalue weighted by Gasteiger charge is 2.37. The number of carbonyl (C=O) groups is 1. The number of H-pyrrole nitrogens is 1. The summed E-state index contributed by atoms with van der Waals surface area (Å²) in [7, 11) is 1.59. The van der Waals surface area contributed by atoms with Crippen LogP contribution < -0.4 is 9.47 Å². The van der Waals surface area contributed by atoms with Gasteiger partial charge < -0.3 is 19.4 Å². The Bertz CT molecular complexity index is 1710. The van der Waals surface area contributed by atoms with Crippen molar-refractivity contribution in [2.75, 3.05) is 13.7 Å². The normalized spacial score (nSPS) is 15.0. The number of rotatable bonds is 7. The molecule has 0 unspecified atom stereocenters. The molecule has 214 valence electrons. The van der Waals surface area contributed by atoms with Gasteiger partial charge in [-0.3, -0.25) is 4.79 Å². The molecule has 42 heavy (non-hydrogen) atoms. The fraction of sp³-hybridized carbons (Fsp3) is 0.206. The van der Waals surface area contributed by atoms with Gasteiger partial charge in [0.1, 0.15) is 18.1 Å². The summed E-state index contributed by atoms with van der Waals surface area (Å²) in [5, 5.41) is 0.944. The molecule has 1 aliphatic rings. The summed E-state index contributed by atoms with van der Waals surface area (Å²) >= 11 is 0. The van der Waals surface area contributed by atoms with Crippen molar-refractivity contribution in [3.05, 3.63) is 131 Å². The molecule has 0 aliphatic carbocycles. The van der Waals surface area contributed by atoms with E-state index in [9.17, 15) is 18.0 Å². The molecule has 0 radical (unpaired) electrons. The summed E-state index contributed by atoms with van der Waals surface area (Å²) in [6, 6.07) is 27.4. The number of nitrogens with one attached hydrogen (secondary N) is 1. The first kappa shape index (κ1) is 27.4. The van der Waals surface area contributed by atoms with Gasteiger partial charge in [-0.05, 0) is 71.1 Å². The molecule has 0 bridgehead atoms. The van der Waals surface area contributed by atoms with Crippen molar-refractivity contribution in [1.29, 1.82) is 0 Å². The van der Waals surface area contributed by atoms with Crippen molar-refractivity contribution in [3.63, 3.8) is 0 Å². The summed E-state index contributed by atoms with van der Waals surface area (Å²) in [6.07, 6.45) is -3.83. The molecule has 1 N–H and O–H groups in total. The second-order valence-electron chi connectivity index (χ2n) is 10.4. The number of benzene rings is 4. The number of amides is 1. The predicted molar refractivity (Wildman–Crippen MR) is 154 cm³/mol. The van der Waals surface area contributed by atoms with Crippen LogP contribution in [-0.4, -0.2) is 29.4 Å². The second kappa shape index (κ2) is 11.3. The Hall–Kier alpha value is -4.72. The third-order valence-corrected chi connectivity index (χ3v) is 7.71. The quantitative estimate of drug-likeness (QED) is 0.221. The summed E-state index contributed by atoms with van der Waals surface area (Å²) < 4.78 is 52.4. The van der Waals surface area contributed by atoms with Gasteiger partial charge in [-0.2, -0.15) is 13.2 Å². The van der Waals surface area contributed by atoms with Crippen LogP contribution in [-0.2, 0) is 30.4 Å². The number of aromatic nitrogens is 1. The van der Waals surface area contributed by atoms with Crippen LogP contribution in [0.2, 0.25) is 0 Å². The molecule has 8 heteroatoms. The molecule has 4 aromatic carbocycles. The fourth-order valence-electron chi connectivity index (χ4n) is 5.62. The van der Waals surface area contributed by atoms with Crippen molar-refractivity contribution in [2.24, 2.45) is 0 Å². The summed E-state index contributed by atoms with van der Waals surface area (Å²) in [4.78, 5) is 18.9. The van der Waals surface area contributed by atoms with Gasteiger partial charge in [-0.1, -0.05) is 54.6 Å². The summed E-state index contributed by atoms with van der Waals surface area (Å²) in [5.41, 5.74) is 4.06. The van der Waals surface area contributed by atoms with E-state index in [1.54, 1.807) is 18.1 Å². The lowest BCUT2D eigenvalue weighted by molar-refractivity contribution is -0.137. The Morgan fingerprint density at radius 3 is 2.40 bits per heavy atom. The number of hydrogen-bond donors (Lipinski definition) is 1. The van der Waals surface area contributed by atoms with Gasteiger partial charge in [0.25, 0.3) is 0 Å². The van der Waals surface area contributed by atoms with Gasteiger partial charge in [0.05, 0.1) is 25.1 Å². The number of hydrogen-bond acceptors (Lipinski definition) is 3. The number of fused-ring (bicyclic) bond motifs is 3. The lowest BCUT2D eigenvalue weighted by Crippen LogP contribution is -2.41. The molecule has 1 atom stereocenters. The van der Waals surface area contributed by atoms with E-state index in [0.29, 0.717) is 36.6 Å². The van der Waals surface area contributed by atoms with Crippen LogP contribution >= 0.6 is 0 Å². The highest BCUT2D eigenvalue weighted by Crippen LogP contribution is 2.41. The Morgan fingerprint density at radius 2 is 1.67 bits per heavy atom. The largest absolute Gasteiger partial charge is 0.497 e. The fourth-order valence-corrected chi connectivity index (χ4v) is 5.62. The molecule has 0 fully saturated rings. The van der Waals surface area contributed by atoms with Crippen LogP contribution in [0, 0.1) is 0 Å². The molecule has 0 spiro atoms. The maximum atomic E-state index is 13.8. The average molecular weight is 571 g/mol. The molecule has 1 amide bonds. The van der Waals surface area contributed by atoms with Crippen molar-refractivity contribution in [2.45, 2.75) is 31.7 Å². The minimum Gasteiger partial charge on any atom is -0.497 e. The van der Waals surface area contributed by atoms with Gasteiger partial charge >= 0.3 is 6.18 Å². The second-order valence-corrected chi connectivity index (χ2v) is 10.4. The molecule has 0 saturated carbocycles. The zero-order valence-corrected chi connectivity index (χ0v) is 22.9. The van der Waals surface area contributed by atoms with E-state index in [0.717, 1.165) is 45.4 Å². The number of nitrogens with zero attached hydrogens (tertiary/aromatic N) is 1. The molecular formula is C34H29F3N2O3. The summed E-state index contributed by atoms with van der Waals surface area (Å²) in [6.45, 7) is 0.805. The van der Waals surface area contributed by atoms with Crippen LogP contribution in [0.15, 0.2) is 97.1 Å². The van der Waals surface area contributed by atoms with Crippen molar-refractivity contribution >= 4 is 16.8 Å². The van der Waals surface area contributed by atoms with Crippen LogP contribution in [0.3, 0.4) is 0 Å². The van der Waals surface area contributed by atoms with E-state index >= 15 is 0 Å². The van der Waals surface area contributed by atoms with Crippen LogP contribution in [0.4, 0.5) is 13.2 Å². The number of ether oxygens (including phenoxy) is 2. The van der Waals surface area contributed by atoms with E-state index in [1.165, 1.54) is 6.07 Å². The zero-order chi connectivity index (χ0) is 29.3. The number of methoxy groups -OCH3 is 1. The van der Waals surface area contributed by atoms with Crippen LogP contribution in [0.25, 0.3) is 10.9 Å². The Balaban J connectivity index is 1.29. The molecular weight excluding hydrogens is 541 g/mol. The van der Waals surface area contributed by atoms with Gasteiger partial charge in [0, 0.05) is 23.1 Å². The maximum Gasteiger partial charge on any atom is 0.416 e. The smallest absolute Gasteiger partial charge is 0.416 e. The highest BCUT2D eigenvalue weighted by molar-refractivity contribution is 5.88. The monoisotopic (exact) mass is 570 g/mol. The van der Waals surface area contributed by atoms with Crippen molar-refractivity contribution in [1.82, 2.24) is 9.88 Å². The number of carbonyl (C=O) groups excluding carboxylic acids is 1. The maximum absolute atomic E-state index is 13.8. The first-order valence-electron chi connectivity index (χ1n) is 13.7. The number of alkyl halides is 3. The third-order valence-electron chi connectivity index (χ3n) is 7.71. The number of aromatic amines is 1. The Kier molecular flexibility index (Phi) is 7.37. The summed E-state index contributed by atoms with van der Waals surface area (Å²) in [5.74, 6) is 1.21. The molecule has 5 nitrogen and oxygen atoms in total. The zero-order valence-electron chi connectivity index (χ0n) is 22.9. The molecule has 1 aromatic heterocycles. The lowest BCUT2D eigenvalue weighted by atomic mass is 9.91. The van der Waals surface area contributed by atoms with Crippen molar-refractivity contribution < 1.29 is 27.4 Å². The first-order chi connectivity index (χ1) is 20.3. The standard InChI is InChI=1S/C34H29F3N2O3/c1-41-27-14-15-30-29(20-27)28-16-17-39(33(32(28)38-30)24-8-5-9-25(19-24)34(35,36)37)31(40)18-22-10-12-26(13-11-22)42-21-23-6-3-2-4-7-23/h2-15,19-20,33,38H,16-18,21H2,1H3/t33-/m1/s1. The van der Waals surface area contributed by atoms with E-state index in [4.69, 9.17) is 9.47 Å². The minimum atomic E-state index is -4.50. The Morgan fingerprint density at radius 1 is 0.905 bits per heavy atom. The van der Waals surface area contributed by atoms with Crippen LogP contribution in [0.5, 0.6) is 11.5 Å².